The first-order chi connectivity index (χ1) is 13.8. The molecule has 0 spiro atoms. The zero-order chi connectivity index (χ0) is 20.7. The van der Waals surface area contributed by atoms with Gasteiger partial charge in [-0.1, -0.05) is 36.4 Å². The van der Waals surface area contributed by atoms with Crippen LogP contribution < -0.4 is 4.90 Å². The Labute approximate surface area is 170 Å². The molecule has 0 radical (unpaired) electrons. The normalized spacial score (nSPS) is 11.1. The van der Waals surface area contributed by atoms with Gasteiger partial charge in [0.15, 0.2) is 5.65 Å². The highest BCUT2D eigenvalue weighted by Crippen LogP contribution is 2.29. The van der Waals surface area contributed by atoms with Gasteiger partial charge < -0.3 is 4.90 Å². The average Bonchev–Trinajstić information content (AvgIpc) is 3.00. The minimum atomic E-state index is -0.0734. The Kier molecular flexibility index (Phi) is 4.66. The first-order valence-electron chi connectivity index (χ1n) is 9.61. The predicted octanol–water partition coefficient (Wildman–Crippen LogP) is 4.84. The molecule has 5 heteroatoms. The first kappa shape index (κ1) is 18.9. The van der Waals surface area contributed by atoms with Crippen LogP contribution in [0.5, 0.6) is 0 Å². The monoisotopic (exact) mass is 384 g/mol. The quantitative estimate of drug-likeness (QED) is 0.508. The maximum Gasteiger partial charge on any atom is 0.258 e. The summed E-state index contributed by atoms with van der Waals surface area (Å²) < 4.78 is 1.74. The summed E-state index contributed by atoms with van der Waals surface area (Å²) in [6.07, 6.45) is 0. The van der Waals surface area contributed by atoms with Crippen molar-refractivity contribution in [2.45, 2.75) is 20.8 Å². The number of amides is 1. The summed E-state index contributed by atoms with van der Waals surface area (Å²) in [5, 5.41) is 5.31. The van der Waals surface area contributed by atoms with E-state index in [1.807, 2.05) is 83.4 Å². The van der Waals surface area contributed by atoms with Crippen molar-refractivity contribution in [1.82, 2.24) is 14.8 Å². The standard InChI is InChI=1S/C24H24N4O/c1-15-11-16(2)13-19(12-15)27(4)24(29)20-14-21(18-9-7-6-8-10-18)25-23-22(20)17(3)26-28(23)5/h6-14H,1-5H3. The minimum Gasteiger partial charge on any atom is -0.311 e. The number of fused-ring (bicyclic) bond motifs is 1. The van der Waals surface area contributed by atoms with Crippen molar-refractivity contribution in [2.75, 3.05) is 11.9 Å². The second-order valence-corrected chi connectivity index (χ2v) is 7.54. The van der Waals surface area contributed by atoms with Gasteiger partial charge >= 0.3 is 0 Å². The first-order valence-corrected chi connectivity index (χ1v) is 9.61. The Hall–Kier alpha value is -3.47. The van der Waals surface area contributed by atoms with Crippen LogP contribution in [-0.2, 0) is 7.05 Å². The van der Waals surface area contributed by atoms with Crippen LogP contribution >= 0.6 is 0 Å². The third kappa shape index (κ3) is 3.40. The van der Waals surface area contributed by atoms with Crippen LogP contribution in [-0.4, -0.2) is 27.7 Å². The van der Waals surface area contributed by atoms with Crippen LogP contribution in [0, 0.1) is 20.8 Å². The van der Waals surface area contributed by atoms with Crippen molar-refractivity contribution in [3.8, 4) is 11.3 Å². The fourth-order valence-electron chi connectivity index (χ4n) is 3.81. The zero-order valence-corrected chi connectivity index (χ0v) is 17.4. The van der Waals surface area contributed by atoms with Gasteiger partial charge in [0.1, 0.15) is 0 Å². The van der Waals surface area contributed by atoms with Crippen molar-refractivity contribution in [2.24, 2.45) is 7.05 Å². The van der Waals surface area contributed by atoms with Gasteiger partial charge in [0.25, 0.3) is 5.91 Å². The number of pyridine rings is 1. The molecule has 4 aromatic rings. The second kappa shape index (κ2) is 7.17. The van der Waals surface area contributed by atoms with E-state index in [9.17, 15) is 4.79 Å². The molecule has 2 heterocycles. The van der Waals surface area contributed by atoms with Gasteiger partial charge in [-0.2, -0.15) is 5.10 Å². The van der Waals surface area contributed by atoms with Crippen LogP contribution in [0.25, 0.3) is 22.3 Å². The topological polar surface area (TPSA) is 51.0 Å². The molecule has 0 fully saturated rings. The summed E-state index contributed by atoms with van der Waals surface area (Å²) in [5.74, 6) is -0.0734. The average molecular weight is 384 g/mol. The summed E-state index contributed by atoms with van der Waals surface area (Å²) >= 11 is 0. The van der Waals surface area contributed by atoms with Gasteiger partial charge in [0.2, 0.25) is 0 Å². The van der Waals surface area contributed by atoms with Gasteiger partial charge in [-0.25, -0.2) is 4.98 Å². The fraction of sp³-hybridized carbons (Fsp3) is 0.208. The van der Waals surface area contributed by atoms with Crippen LogP contribution in [0.3, 0.4) is 0 Å². The summed E-state index contributed by atoms with van der Waals surface area (Å²) in [7, 11) is 3.68. The zero-order valence-electron chi connectivity index (χ0n) is 17.4. The van der Waals surface area contributed by atoms with Crippen LogP contribution in [0.2, 0.25) is 0 Å². The number of anilines is 1. The Morgan fingerprint density at radius 1 is 0.966 bits per heavy atom. The minimum absolute atomic E-state index is 0.0734. The molecule has 5 nitrogen and oxygen atoms in total. The van der Waals surface area contributed by atoms with Crippen LogP contribution in [0.15, 0.2) is 54.6 Å². The van der Waals surface area contributed by atoms with Crippen molar-refractivity contribution < 1.29 is 4.79 Å². The van der Waals surface area contributed by atoms with Crippen LogP contribution in [0.4, 0.5) is 5.69 Å². The molecule has 4 rings (SSSR count). The molecule has 29 heavy (non-hydrogen) atoms. The smallest absolute Gasteiger partial charge is 0.258 e. The molecule has 0 aliphatic heterocycles. The largest absolute Gasteiger partial charge is 0.311 e. The molecular formula is C24H24N4O. The van der Waals surface area contributed by atoms with E-state index >= 15 is 0 Å². The van der Waals surface area contributed by atoms with E-state index in [4.69, 9.17) is 4.98 Å². The molecule has 0 bridgehead atoms. The van der Waals surface area contributed by atoms with Gasteiger partial charge in [-0.3, -0.25) is 9.48 Å². The second-order valence-electron chi connectivity index (χ2n) is 7.54. The van der Waals surface area contributed by atoms with E-state index in [-0.39, 0.29) is 5.91 Å². The van der Waals surface area contributed by atoms with Gasteiger partial charge in [0, 0.05) is 25.3 Å². The Morgan fingerprint density at radius 3 is 2.28 bits per heavy atom. The molecule has 2 aromatic heterocycles. The molecule has 0 aliphatic carbocycles. The maximum atomic E-state index is 13.6. The molecule has 2 aromatic carbocycles. The van der Waals surface area contributed by atoms with Gasteiger partial charge in [0.05, 0.1) is 22.3 Å². The summed E-state index contributed by atoms with van der Waals surface area (Å²) in [6, 6.07) is 17.9. The lowest BCUT2D eigenvalue weighted by atomic mass is 10.0. The molecule has 0 N–H and O–H groups in total. The van der Waals surface area contributed by atoms with Crippen molar-refractivity contribution >= 4 is 22.6 Å². The highest BCUT2D eigenvalue weighted by molar-refractivity contribution is 6.14. The summed E-state index contributed by atoms with van der Waals surface area (Å²) in [4.78, 5) is 20.1. The van der Waals surface area contributed by atoms with Crippen molar-refractivity contribution in [3.05, 3.63) is 77.0 Å². The number of aryl methyl sites for hydroxylation is 4. The molecule has 1 amide bonds. The van der Waals surface area contributed by atoms with E-state index in [0.717, 1.165) is 39.2 Å². The number of benzene rings is 2. The lowest BCUT2D eigenvalue weighted by molar-refractivity contribution is 0.0994. The molecule has 0 saturated carbocycles. The SMILES string of the molecule is Cc1cc(C)cc(N(C)C(=O)c2cc(-c3ccccc3)nc3c2c(C)nn3C)c1. The number of carbonyl (C=O) groups is 1. The van der Waals surface area contributed by atoms with Gasteiger partial charge in [-0.15, -0.1) is 0 Å². The van der Waals surface area contributed by atoms with Crippen molar-refractivity contribution in [3.63, 3.8) is 0 Å². The summed E-state index contributed by atoms with van der Waals surface area (Å²) in [5.41, 5.74) is 6.98. The Morgan fingerprint density at radius 2 is 1.62 bits per heavy atom. The number of carbonyl (C=O) groups excluding carboxylic acids is 1. The maximum absolute atomic E-state index is 13.6. The molecule has 0 atom stereocenters. The molecule has 146 valence electrons. The van der Waals surface area contributed by atoms with Crippen LogP contribution in [0.1, 0.15) is 27.2 Å². The lowest BCUT2D eigenvalue weighted by Gasteiger charge is -2.20. The highest BCUT2D eigenvalue weighted by Gasteiger charge is 2.22. The summed E-state index contributed by atoms with van der Waals surface area (Å²) in [6.45, 7) is 6.00. The number of hydrogen-bond donors (Lipinski definition) is 0. The molecule has 0 aliphatic rings. The Bertz CT molecular complexity index is 1200. The van der Waals surface area contributed by atoms with Gasteiger partial charge in [-0.05, 0) is 50.1 Å². The fourth-order valence-corrected chi connectivity index (χ4v) is 3.81. The van der Waals surface area contributed by atoms with E-state index in [1.165, 1.54) is 0 Å². The van der Waals surface area contributed by atoms with E-state index < -0.39 is 0 Å². The molecular weight excluding hydrogens is 360 g/mol. The van der Waals surface area contributed by atoms with E-state index in [0.29, 0.717) is 11.2 Å². The third-order valence-electron chi connectivity index (χ3n) is 5.17. The third-order valence-corrected chi connectivity index (χ3v) is 5.17. The van der Waals surface area contributed by atoms with Crippen molar-refractivity contribution in [1.29, 1.82) is 0 Å². The highest BCUT2D eigenvalue weighted by atomic mass is 16.2. The lowest BCUT2D eigenvalue weighted by Crippen LogP contribution is -2.27. The van der Waals surface area contributed by atoms with E-state index in [2.05, 4.69) is 11.2 Å². The number of hydrogen-bond acceptors (Lipinski definition) is 3. The number of rotatable bonds is 3. The Balaban J connectivity index is 1.90. The number of aromatic nitrogens is 3. The molecule has 0 saturated heterocycles. The van der Waals surface area contributed by atoms with E-state index in [1.54, 1.807) is 9.58 Å². The molecule has 0 unspecified atom stereocenters. The number of nitrogens with zero attached hydrogens (tertiary/aromatic N) is 4. The predicted molar refractivity (Wildman–Crippen MR) is 117 cm³/mol.